The molecule has 1 saturated carbocycles. The van der Waals surface area contributed by atoms with Crippen LogP contribution in [0.3, 0.4) is 0 Å². The Labute approximate surface area is 123 Å². The molecule has 0 heterocycles. The zero-order chi connectivity index (χ0) is 15.5. The van der Waals surface area contributed by atoms with Crippen molar-refractivity contribution in [2.45, 2.75) is 54.1 Å². The summed E-state index contributed by atoms with van der Waals surface area (Å²) in [5.74, 6) is 2.56. The first-order valence-corrected chi connectivity index (χ1v) is 7.24. The molecular formula is C18H26O2. The van der Waals surface area contributed by atoms with Gasteiger partial charge in [0, 0.05) is 0 Å². The molecule has 0 bridgehead atoms. The van der Waals surface area contributed by atoms with Crippen LogP contribution in [0.2, 0.25) is 0 Å². The molecule has 0 aromatic heterocycles. The second-order valence-electron chi connectivity index (χ2n) is 6.41. The average molecular weight is 274 g/mol. The first-order valence-electron chi connectivity index (χ1n) is 7.24. The van der Waals surface area contributed by atoms with Crippen molar-refractivity contribution in [1.29, 1.82) is 0 Å². The first-order chi connectivity index (χ1) is 9.25. The molecule has 1 fully saturated rings. The van der Waals surface area contributed by atoms with Crippen LogP contribution < -0.4 is 0 Å². The monoisotopic (exact) mass is 274 g/mol. The molecule has 0 aliphatic heterocycles. The largest absolute Gasteiger partial charge is 0.444 e. The van der Waals surface area contributed by atoms with Gasteiger partial charge in [-0.3, -0.25) is 4.79 Å². The van der Waals surface area contributed by atoms with Gasteiger partial charge in [-0.25, -0.2) is 0 Å². The van der Waals surface area contributed by atoms with Gasteiger partial charge in [0.1, 0.15) is 0 Å². The van der Waals surface area contributed by atoms with Crippen molar-refractivity contribution >= 4 is 5.97 Å². The van der Waals surface area contributed by atoms with Gasteiger partial charge in [-0.1, -0.05) is 44.4 Å². The summed E-state index contributed by atoms with van der Waals surface area (Å²) in [7, 11) is 0. The third-order valence-electron chi connectivity index (χ3n) is 4.00. The fourth-order valence-electron chi connectivity index (χ4n) is 2.67. The number of carbonyl (C=O) groups is 1. The Bertz CT molecular complexity index is 470. The smallest absolute Gasteiger partial charge is 0.311 e. The number of terminal acetylenes is 1. The van der Waals surface area contributed by atoms with Crippen molar-refractivity contribution in [2.24, 2.45) is 17.3 Å². The SMILES string of the molecule is C#CC(OC(=O)[C@H]1[C@H](C=C(C)C)C1(C)C)C(C)=CCC. The van der Waals surface area contributed by atoms with Crippen molar-refractivity contribution in [2.75, 3.05) is 0 Å². The summed E-state index contributed by atoms with van der Waals surface area (Å²) in [4.78, 5) is 12.3. The molecule has 1 aliphatic carbocycles. The second-order valence-corrected chi connectivity index (χ2v) is 6.41. The van der Waals surface area contributed by atoms with E-state index in [1.165, 1.54) is 5.57 Å². The lowest BCUT2D eigenvalue weighted by Gasteiger charge is -2.13. The van der Waals surface area contributed by atoms with E-state index < -0.39 is 6.10 Å². The lowest BCUT2D eigenvalue weighted by molar-refractivity contribution is -0.147. The minimum atomic E-state index is -0.536. The van der Waals surface area contributed by atoms with E-state index in [0.717, 1.165) is 12.0 Å². The summed E-state index contributed by atoms with van der Waals surface area (Å²) in [5, 5.41) is 0. The summed E-state index contributed by atoms with van der Waals surface area (Å²) >= 11 is 0. The molecule has 0 saturated heterocycles. The van der Waals surface area contributed by atoms with Gasteiger partial charge >= 0.3 is 5.97 Å². The summed E-state index contributed by atoms with van der Waals surface area (Å²) in [6, 6.07) is 0. The fourth-order valence-corrected chi connectivity index (χ4v) is 2.67. The van der Waals surface area contributed by atoms with Gasteiger partial charge in [-0.05, 0) is 44.1 Å². The summed E-state index contributed by atoms with van der Waals surface area (Å²) in [6.45, 7) is 12.2. The quantitative estimate of drug-likeness (QED) is 0.428. The molecule has 20 heavy (non-hydrogen) atoms. The first kappa shape index (κ1) is 16.6. The van der Waals surface area contributed by atoms with Crippen LogP contribution in [-0.2, 0) is 9.53 Å². The van der Waals surface area contributed by atoms with E-state index in [1.54, 1.807) is 0 Å². The minimum Gasteiger partial charge on any atom is -0.444 e. The van der Waals surface area contributed by atoms with Gasteiger partial charge in [0.25, 0.3) is 0 Å². The van der Waals surface area contributed by atoms with Gasteiger partial charge in [-0.2, -0.15) is 0 Å². The molecule has 1 aliphatic rings. The number of allylic oxidation sites excluding steroid dienone is 3. The molecule has 0 spiro atoms. The van der Waals surface area contributed by atoms with Gasteiger partial charge < -0.3 is 4.74 Å². The van der Waals surface area contributed by atoms with Gasteiger partial charge in [0.2, 0.25) is 0 Å². The van der Waals surface area contributed by atoms with E-state index >= 15 is 0 Å². The summed E-state index contributed by atoms with van der Waals surface area (Å²) in [5.41, 5.74) is 2.13. The second kappa shape index (κ2) is 6.31. The molecule has 0 radical (unpaired) electrons. The molecule has 2 heteroatoms. The number of carbonyl (C=O) groups excluding carboxylic acids is 1. The van der Waals surface area contributed by atoms with Crippen LogP contribution in [0.15, 0.2) is 23.3 Å². The third kappa shape index (κ3) is 3.54. The van der Waals surface area contributed by atoms with E-state index in [0.29, 0.717) is 0 Å². The number of hydrogen-bond acceptors (Lipinski definition) is 2. The number of rotatable bonds is 5. The maximum atomic E-state index is 12.3. The Balaban J connectivity index is 2.76. The van der Waals surface area contributed by atoms with E-state index in [-0.39, 0.29) is 23.2 Å². The maximum Gasteiger partial charge on any atom is 0.311 e. The molecule has 0 aromatic carbocycles. The molecule has 0 aromatic rings. The van der Waals surface area contributed by atoms with Gasteiger partial charge in [0.15, 0.2) is 6.10 Å². The molecule has 110 valence electrons. The zero-order valence-electron chi connectivity index (χ0n) is 13.5. The van der Waals surface area contributed by atoms with Crippen LogP contribution >= 0.6 is 0 Å². The average Bonchev–Trinajstić information content (AvgIpc) is 2.86. The number of esters is 1. The topological polar surface area (TPSA) is 26.3 Å². The van der Waals surface area contributed by atoms with Crippen molar-refractivity contribution in [3.8, 4) is 12.3 Å². The highest BCUT2D eigenvalue weighted by Gasteiger charge is 2.61. The predicted molar refractivity (Wildman–Crippen MR) is 83.0 cm³/mol. The molecule has 1 unspecified atom stereocenters. The van der Waals surface area contributed by atoms with E-state index in [2.05, 4.69) is 39.7 Å². The van der Waals surface area contributed by atoms with Crippen molar-refractivity contribution in [3.63, 3.8) is 0 Å². The molecule has 3 atom stereocenters. The Morgan fingerprint density at radius 1 is 1.40 bits per heavy atom. The number of ether oxygens (including phenoxy) is 1. The molecule has 1 rings (SSSR count). The Kier molecular flexibility index (Phi) is 5.22. The molecular weight excluding hydrogens is 248 g/mol. The Hall–Kier alpha value is -1.49. The van der Waals surface area contributed by atoms with Gasteiger partial charge in [0.05, 0.1) is 5.92 Å². The lowest BCUT2D eigenvalue weighted by atomic mass is 10.1. The minimum absolute atomic E-state index is 0.0319. The highest BCUT2D eigenvalue weighted by atomic mass is 16.5. The standard InChI is InChI=1S/C18H26O2/c1-8-10-13(5)15(9-2)20-17(19)16-14(11-12(3)4)18(16,6)7/h2,10-11,14-16H,8H2,1,3-7H3/t14-,15?,16+/m0/s1. The van der Waals surface area contributed by atoms with Crippen LogP contribution in [0.1, 0.15) is 48.0 Å². The molecule has 2 nitrogen and oxygen atoms in total. The number of hydrogen-bond donors (Lipinski definition) is 0. The third-order valence-corrected chi connectivity index (χ3v) is 4.00. The van der Waals surface area contributed by atoms with Crippen molar-refractivity contribution in [1.82, 2.24) is 0 Å². The van der Waals surface area contributed by atoms with Crippen LogP contribution in [0.4, 0.5) is 0 Å². The van der Waals surface area contributed by atoms with E-state index in [9.17, 15) is 4.79 Å². The van der Waals surface area contributed by atoms with Crippen LogP contribution in [-0.4, -0.2) is 12.1 Å². The van der Waals surface area contributed by atoms with E-state index in [1.807, 2.05) is 19.9 Å². The highest BCUT2D eigenvalue weighted by molar-refractivity contribution is 5.79. The Morgan fingerprint density at radius 2 is 2.00 bits per heavy atom. The molecule has 0 amide bonds. The summed E-state index contributed by atoms with van der Waals surface area (Å²) in [6.07, 6.45) is 9.99. The molecule has 0 N–H and O–H groups in total. The van der Waals surface area contributed by atoms with Crippen LogP contribution in [0.25, 0.3) is 0 Å². The van der Waals surface area contributed by atoms with Gasteiger partial charge in [-0.15, -0.1) is 6.42 Å². The van der Waals surface area contributed by atoms with Crippen LogP contribution in [0, 0.1) is 29.6 Å². The fraction of sp³-hybridized carbons (Fsp3) is 0.611. The normalized spacial score (nSPS) is 25.4. The zero-order valence-corrected chi connectivity index (χ0v) is 13.5. The van der Waals surface area contributed by atoms with Crippen molar-refractivity contribution in [3.05, 3.63) is 23.3 Å². The summed E-state index contributed by atoms with van der Waals surface area (Å²) < 4.78 is 5.51. The lowest BCUT2D eigenvalue weighted by Crippen LogP contribution is -2.20. The Morgan fingerprint density at radius 3 is 2.45 bits per heavy atom. The highest BCUT2D eigenvalue weighted by Crippen LogP contribution is 2.59. The maximum absolute atomic E-state index is 12.3. The van der Waals surface area contributed by atoms with Crippen LogP contribution in [0.5, 0.6) is 0 Å². The predicted octanol–water partition coefficient (Wildman–Crippen LogP) is 4.13. The van der Waals surface area contributed by atoms with E-state index in [4.69, 9.17) is 11.2 Å². The van der Waals surface area contributed by atoms with Crippen molar-refractivity contribution < 1.29 is 9.53 Å².